The van der Waals surface area contributed by atoms with Crippen LogP contribution in [0.2, 0.25) is 0 Å². The SMILES string of the molecule is COc1ccc(N)cc1S(=O)(=O)Nc1ccccc1. The molecule has 2 aromatic rings. The molecule has 0 bridgehead atoms. The second kappa shape index (κ2) is 5.19. The van der Waals surface area contributed by atoms with Crippen molar-refractivity contribution >= 4 is 21.4 Å². The van der Waals surface area contributed by atoms with Crippen LogP contribution >= 0.6 is 0 Å². The van der Waals surface area contributed by atoms with E-state index in [9.17, 15) is 8.42 Å². The average Bonchev–Trinajstić information content (AvgIpc) is 2.39. The number of benzene rings is 2. The molecule has 5 nitrogen and oxygen atoms in total. The number of hydrogen-bond donors (Lipinski definition) is 2. The standard InChI is InChI=1S/C13H14N2O3S/c1-18-12-8-7-10(14)9-13(12)19(16,17)15-11-5-3-2-4-6-11/h2-9,15H,14H2,1H3. The van der Waals surface area contributed by atoms with Crippen LogP contribution < -0.4 is 15.2 Å². The largest absolute Gasteiger partial charge is 0.495 e. The van der Waals surface area contributed by atoms with Gasteiger partial charge in [0.05, 0.1) is 7.11 Å². The Morgan fingerprint density at radius 2 is 1.79 bits per heavy atom. The normalized spacial score (nSPS) is 11.0. The highest BCUT2D eigenvalue weighted by Crippen LogP contribution is 2.27. The maximum absolute atomic E-state index is 12.3. The molecular formula is C13H14N2O3S. The predicted molar refractivity (Wildman–Crippen MR) is 74.7 cm³/mol. The minimum atomic E-state index is -3.73. The molecule has 0 saturated carbocycles. The van der Waals surface area contributed by atoms with E-state index >= 15 is 0 Å². The summed E-state index contributed by atoms with van der Waals surface area (Å²) < 4.78 is 32.1. The second-order valence-corrected chi connectivity index (χ2v) is 5.53. The van der Waals surface area contributed by atoms with Crippen LogP contribution in [0.25, 0.3) is 0 Å². The van der Waals surface area contributed by atoms with Crippen molar-refractivity contribution in [2.24, 2.45) is 0 Å². The third kappa shape index (κ3) is 2.97. The topological polar surface area (TPSA) is 81.4 Å². The summed E-state index contributed by atoms with van der Waals surface area (Å²) in [5, 5.41) is 0. The summed E-state index contributed by atoms with van der Waals surface area (Å²) in [7, 11) is -2.32. The van der Waals surface area contributed by atoms with Crippen molar-refractivity contribution in [3.8, 4) is 5.75 Å². The van der Waals surface area contributed by atoms with E-state index in [1.165, 1.54) is 19.2 Å². The van der Waals surface area contributed by atoms with Gasteiger partial charge in [-0.3, -0.25) is 4.72 Å². The number of ether oxygens (including phenoxy) is 1. The van der Waals surface area contributed by atoms with Crippen molar-refractivity contribution in [3.63, 3.8) is 0 Å². The maximum Gasteiger partial charge on any atom is 0.265 e. The fraction of sp³-hybridized carbons (Fsp3) is 0.0769. The maximum atomic E-state index is 12.3. The summed E-state index contributed by atoms with van der Waals surface area (Å²) in [4.78, 5) is 0.0128. The van der Waals surface area contributed by atoms with E-state index in [0.717, 1.165) is 0 Å². The van der Waals surface area contributed by atoms with E-state index in [0.29, 0.717) is 11.4 Å². The van der Waals surface area contributed by atoms with Gasteiger partial charge in [-0.05, 0) is 30.3 Å². The van der Waals surface area contributed by atoms with Gasteiger partial charge in [-0.2, -0.15) is 0 Å². The van der Waals surface area contributed by atoms with Gasteiger partial charge in [0.25, 0.3) is 10.0 Å². The molecule has 0 heterocycles. The van der Waals surface area contributed by atoms with E-state index in [4.69, 9.17) is 10.5 Å². The lowest BCUT2D eigenvalue weighted by atomic mass is 10.3. The van der Waals surface area contributed by atoms with Gasteiger partial charge in [0.15, 0.2) is 0 Å². The summed E-state index contributed by atoms with van der Waals surface area (Å²) >= 11 is 0. The molecule has 6 heteroatoms. The van der Waals surface area contributed by atoms with Crippen molar-refractivity contribution in [1.29, 1.82) is 0 Å². The highest BCUT2D eigenvalue weighted by atomic mass is 32.2. The third-order valence-electron chi connectivity index (χ3n) is 2.50. The molecule has 100 valence electrons. The van der Waals surface area contributed by atoms with Gasteiger partial charge in [-0.1, -0.05) is 18.2 Å². The minimum Gasteiger partial charge on any atom is -0.495 e. The molecule has 0 radical (unpaired) electrons. The van der Waals surface area contributed by atoms with E-state index in [1.54, 1.807) is 36.4 Å². The van der Waals surface area contributed by atoms with Crippen molar-refractivity contribution in [2.45, 2.75) is 4.90 Å². The molecule has 0 amide bonds. The lowest BCUT2D eigenvalue weighted by molar-refractivity contribution is 0.403. The zero-order valence-electron chi connectivity index (χ0n) is 10.3. The lowest BCUT2D eigenvalue weighted by Crippen LogP contribution is -2.14. The van der Waals surface area contributed by atoms with Gasteiger partial charge < -0.3 is 10.5 Å². The van der Waals surface area contributed by atoms with E-state index in [1.807, 2.05) is 0 Å². The Morgan fingerprint density at radius 1 is 1.11 bits per heavy atom. The van der Waals surface area contributed by atoms with Crippen LogP contribution in [0.4, 0.5) is 11.4 Å². The Balaban J connectivity index is 2.42. The van der Waals surface area contributed by atoms with Crippen molar-refractivity contribution in [2.75, 3.05) is 17.6 Å². The Bertz CT molecular complexity index is 670. The average molecular weight is 278 g/mol. The first-order chi connectivity index (χ1) is 9.03. The molecule has 2 rings (SSSR count). The summed E-state index contributed by atoms with van der Waals surface area (Å²) in [6, 6.07) is 13.1. The minimum absolute atomic E-state index is 0.0128. The first kappa shape index (κ1) is 13.2. The van der Waals surface area contributed by atoms with Gasteiger partial charge in [-0.15, -0.1) is 0 Å². The Morgan fingerprint density at radius 3 is 2.42 bits per heavy atom. The number of sulfonamides is 1. The number of hydrogen-bond acceptors (Lipinski definition) is 4. The molecule has 0 unspecified atom stereocenters. The molecule has 0 aliphatic carbocycles. The Hall–Kier alpha value is -2.21. The number of nitrogens with two attached hydrogens (primary N) is 1. The molecule has 2 aromatic carbocycles. The summed E-state index contributed by atoms with van der Waals surface area (Å²) in [5.41, 5.74) is 6.46. The summed E-state index contributed by atoms with van der Waals surface area (Å²) in [6.45, 7) is 0. The van der Waals surface area contributed by atoms with Gasteiger partial charge in [0, 0.05) is 11.4 Å². The summed E-state index contributed by atoms with van der Waals surface area (Å²) in [6.07, 6.45) is 0. The molecule has 0 aliphatic heterocycles. The molecule has 0 atom stereocenters. The second-order valence-electron chi connectivity index (χ2n) is 3.88. The lowest BCUT2D eigenvalue weighted by Gasteiger charge is -2.12. The molecule has 0 fully saturated rings. The van der Waals surface area contributed by atoms with Crippen molar-refractivity contribution in [3.05, 3.63) is 48.5 Å². The van der Waals surface area contributed by atoms with Crippen LogP contribution in [0.1, 0.15) is 0 Å². The number of para-hydroxylation sites is 1. The van der Waals surface area contributed by atoms with Crippen LogP contribution in [0, 0.1) is 0 Å². The van der Waals surface area contributed by atoms with Gasteiger partial charge in [-0.25, -0.2) is 8.42 Å². The molecule has 3 N–H and O–H groups in total. The number of nitrogens with one attached hydrogen (secondary N) is 1. The van der Waals surface area contributed by atoms with Crippen LogP contribution in [-0.2, 0) is 10.0 Å². The van der Waals surface area contributed by atoms with E-state index < -0.39 is 10.0 Å². The zero-order valence-corrected chi connectivity index (χ0v) is 11.1. The van der Waals surface area contributed by atoms with Crippen molar-refractivity contribution in [1.82, 2.24) is 0 Å². The molecular weight excluding hydrogens is 264 g/mol. The number of nitrogen functional groups attached to an aromatic ring is 1. The van der Waals surface area contributed by atoms with Gasteiger partial charge in [0.1, 0.15) is 10.6 Å². The molecule has 0 spiro atoms. The van der Waals surface area contributed by atoms with Crippen LogP contribution in [0.3, 0.4) is 0 Å². The van der Waals surface area contributed by atoms with Crippen LogP contribution in [0.15, 0.2) is 53.4 Å². The smallest absolute Gasteiger partial charge is 0.265 e. The van der Waals surface area contributed by atoms with Crippen molar-refractivity contribution < 1.29 is 13.2 Å². The summed E-state index contributed by atoms with van der Waals surface area (Å²) in [5.74, 6) is 0.248. The zero-order chi connectivity index (χ0) is 13.9. The first-order valence-corrected chi connectivity index (χ1v) is 7.02. The first-order valence-electron chi connectivity index (χ1n) is 5.54. The van der Waals surface area contributed by atoms with Crippen LogP contribution in [0.5, 0.6) is 5.75 Å². The molecule has 0 aliphatic rings. The fourth-order valence-electron chi connectivity index (χ4n) is 1.62. The van der Waals surface area contributed by atoms with Crippen LogP contribution in [-0.4, -0.2) is 15.5 Å². The third-order valence-corrected chi connectivity index (χ3v) is 3.91. The highest BCUT2D eigenvalue weighted by molar-refractivity contribution is 7.92. The van der Waals surface area contributed by atoms with Gasteiger partial charge in [0.2, 0.25) is 0 Å². The molecule has 0 saturated heterocycles. The van der Waals surface area contributed by atoms with E-state index in [2.05, 4.69) is 4.72 Å². The Labute approximate surface area is 112 Å². The van der Waals surface area contributed by atoms with E-state index in [-0.39, 0.29) is 10.6 Å². The number of methoxy groups -OCH3 is 1. The quantitative estimate of drug-likeness (QED) is 0.839. The predicted octanol–water partition coefficient (Wildman–Crippen LogP) is 2.08. The van der Waals surface area contributed by atoms with Gasteiger partial charge >= 0.3 is 0 Å². The molecule has 19 heavy (non-hydrogen) atoms. The monoisotopic (exact) mass is 278 g/mol. The highest BCUT2D eigenvalue weighted by Gasteiger charge is 2.19. The number of rotatable bonds is 4. The Kier molecular flexibility index (Phi) is 3.62. The molecule has 0 aromatic heterocycles. The fourth-order valence-corrected chi connectivity index (χ4v) is 2.88. The number of anilines is 2.